The van der Waals surface area contributed by atoms with Gasteiger partial charge in [0.25, 0.3) is 0 Å². The molecule has 2 heterocycles. The van der Waals surface area contributed by atoms with Gasteiger partial charge >= 0.3 is 0 Å². The van der Waals surface area contributed by atoms with Gasteiger partial charge in [0.2, 0.25) is 0 Å². The SMILES string of the molecule is CC1CN(Cc2cc(CNC(C)(C)C)no2)CCN1C. The quantitative estimate of drug-likeness (QED) is 0.909. The molecule has 1 saturated heterocycles. The molecule has 0 aromatic carbocycles. The minimum absolute atomic E-state index is 0.103. The summed E-state index contributed by atoms with van der Waals surface area (Å²) in [6.07, 6.45) is 0. The minimum Gasteiger partial charge on any atom is -0.360 e. The third-order valence-electron chi connectivity index (χ3n) is 3.83. The monoisotopic (exact) mass is 280 g/mol. The molecule has 0 saturated carbocycles. The van der Waals surface area contributed by atoms with E-state index in [9.17, 15) is 0 Å². The average Bonchev–Trinajstić information content (AvgIpc) is 2.78. The maximum Gasteiger partial charge on any atom is 0.151 e. The van der Waals surface area contributed by atoms with Crippen LogP contribution in [0.4, 0.5) is 0 Å². The lowest BCUT2D eigenvalue weighted by molar-refractivity contribution is 0.0927. The van der Waals surface area contributed by atoms with E-state index in [0.29, 0.717) is 6.04 Å². The summed E-state index contributed by atoms with van der Waals surface area (Å²) in [5.74, 6) is 0.965. The Morgan fingerprint density at radius 3 is 2.80 bits per heavy atom. The Hall–Kier alpha value is -0.910. The fourth-order valence-corrected chi connectivity index (χ4v) is 2.36. The largest absolute Gasteiger partial charge is 0.360 e. The highest BCUT2D eigenvalue weighted by Crippen LogP contribution is 2.13. The zero-order chi connectivity index (χ0) is 14.8. The molecule has 0 radical (unpaired) electrons. The number of piperazine rings is 1. The van der Waals surface area contributed by atoms with Gasteiger partial charge in [-0.2, -0.15) is 0 Å². The third kappa shape index (κ3) is 4.58. The first kappa shape index (κ1) is 15.5. The fourth-order valence-electron chi connectivity index (χ4n) is 2.36. The lowest BCUT2D eigenvalue weighted by atomic mass is 10.1. The van der Waals surface area contributed by atoms with Crippen molar-refractivity contribution in [1.29, 1.82) is 0 Å². The maximum absolute atomic E-state index is 5.45. The Kier molecular flexibility index (Phi) is 4.83. The van der Waals surface area contributed by atoms with Crippen molar-refractivity contribution >= 4 is 0 Å². The summed E-state index contributed by atoms with van der Waals surface area (Å²) >= 11 is 0. The van der Waals surface area contributed by atoms with Crippen LogP contribution in [0.15, 0.2) is 10.6 Å². The van der Waals surface area contributed by atoms with Crippen molar-refractivity contribution in [2.24, 2.45) is 0 Å². The molecular weight excluding hydrogens is 252 g/mol. The topological polar surface area (TPSA) is 44.5 Å². The summed E-state index contributed by atoms with van der Waals surface area (Å²) in [6, 6.07) is 2.68. The Balaban J connectivity index is 1.84. The van der Waals surface area contributed by atoms with E-state index in [2.05, 4.69) is 61.1 Å². The van der Waals surface area contributed by atoms with E-state index in [0.717, 1.165) is 44.2 Å². The van der Waals surface area contributed by atoms with E-state index in [-0.39, 0.29) is 5.54 Å². The van der Waals surface area contributed by atoms with E-state index in [1.54, 1.807) is 0 Å². The molecule has 2 rings (SSSR count). The normalized spacial score (nSPS) is 22.4. The zero-order valence-electron chi connectivity index (χ0n) is 13.4. The molecule has 0 bridgehead atoms. The molecule has 1 N–H and O–H groups in total. The number of nitrogens with one attached hydrogen (secondary N) is 1. The van der Waals surface area contributed by atoms with E-state index < -0.39 is 0 Å². The average molecular weight is 280 g/mol. The van der Waals surface area contributed by atoms with E-state index in [4.69, 9.17) is 4.52 Å². The highest BCUT2D eigenvalue weighted by molar-refractivity contribution is 5.06. The van der Waals surface area contributed by atoms with Crippen LogP contribution < -0.4 is 5.32 Å². The molecule has 1 aromatic rings. The van der Waals surface area contributed by atoms with Crippen LogP contribution in [0.2, 0.25) is 0 Å². The van der Waals surface area contributed by atoms with Crippen LogP contribution in [-0.4, -0.2) is 53.2 Å². The molecule has 5 heteroatoms. The van der Waals surface area contributed by atoms with Crippen molar-refractivity contribution in [1.82, 2.24) is 20.3 Å². The van der Waals surface area contributed by atoms with Crippen molar-refractivity contribution in [3.63, 3.8) is 0 Å². The number of hydrogen-bond donors (Lipinski definition) is 1. The first-order valence-corrected chi connectivity index (χ1v) is 7.45. The Bertz CT molecular complexity index is 424. The summed E-state index contributed by atoms with van der Waals surface area (Å²) in [5.41, 5.74) is 1.09. The van der Waals surface area contributed by atoms with Gasteiger partial charge in [0.1, 0.15) is 0 Å². The van der Waals surface area contributed by atoms with Gasteiger partial charge in [0, 0.05) is 43.8 Å². The van der Waals surface area contributed by atoms with Crippen LogP contribution in [0.1, 0.15) is 39.1 Å². The molecule has 1 aliphatic heterocycles. The second-order valence-electron chi connectivity index (χ2n) is 6.95. The second-order valence-corrected chi connectivity index (χ2v) is 6.95. The Morgan fingerprint density at radius 1 is 1.40 bits per heavy atom. The van der Waals surface area contributed by atoms with Crippen LogP contribution in [0.3, 0.4) is 0 Å². The van der Waals surface area contributed by atoms with Gasteiger partial charge < -0.3 is 14.7 Å². The van der Waals surface area contributed by atoms with Gasteiger partial charge in [0.15, 0.2) is 5.76 Å². The van der Waals surface area contributed by atoms with Gasteiger partial charge in [-0.3, -0.25) is 4.90 Å². The van der Waals surface area contributed by atoms with Crippen molar-refractivity contribution in [2.45, 2.75) is 52.4 Å². The number of likely N-dealkylation sites (N-methyl/N-ethyl adjacent to an activating group) is 1. The second kappa shape index (κ2) is 6.24. The molecule has 1 aromatic heterocycles. The van der Waals surface area contributed by atoms with Crippen LogP contribution in [-0.2, 0) is 13.1 Å². The van der Waals surface area contributed by atoms with Crippen molar-refractivity contribution in [2.75, 3.05) is 26.7 Å². The van der Waals surface area contributed by atoms with Crippen LogP contribution in [0, 0.1) is 0 Å². The lowest BCUT2D eigenvalue weighted by Gasteiger charge is -2.37. The molecule has 5 nitrogen and oxygen atoms in total. The summed E-state index contributed by atoms with van der Waals surface area (Å²) in [7, 11) is 2.19. The molecule has 1 aliphatic rings. The van der Waals surface area contributed by atoms with Crippen LogP contribution in [0.25, 0.3) is 0 Å². The molecule has 0 spiro atoms. The fraction of sp³-hybridized carbons (Fsp3) is 0.800. The van der Waals surface area contributed by atoms with Gasteiger partial charge in [-0.25, -0.2) is 0 Å². The molecule has 0 amide bonds. The van der Waals surface area contributed by atoms with Crippen LogP contribution in [0.5, 0.6) is 0 Å². The van der Waals surface area contributed by atoms with Crippen LogP contribution >= 0.6 is 0 Å². The van der Waals surface area contributed by atoms with Gasteiger partial charge in [0.05, 0.1) is 12.2 Å². The highest BCUT2D eigenvalue weighted by atomic mass is 16.5. The number of hydrogen-bond acceptors (Lipinski definition) is 5. The molecule has 0 aliphatic carbocycles. The molecular formula is C15H28N4O. The molecule has 1 unspecified atom stereocenters. The molecule has 114 valence electrons. The van der Waals surface area contributed by atoms with Crippen molar-refractivity contribution < 1.29 is 4.52 Å². The van der Waals surface area contributed by atoms with Crippen molar-refractivity contribution in [3.8, 4) is 0 Å². The molecule has 1 atom stereocenters. The van der Waals surface area contributed by atoms with E-state index in [1.807, 2.05) is 0 Å². The van der Waals surface area contributed by atoms with Gasteiger partial charge in [-0.15, -0.1) is 0 Å². The summed E-state index contributed by atoms with van der Waals surface area (Å²) < 4.78 is 5.45. The lowest BCUT2D eigenvalue weighted by Crippen LogP contribution is -2.49. The maximum atomic E-state index is 5.45. The summed E-state index contributed by atoms with van der Waals surface area (Å²) in [5, 5.41) is 7.57. The highest BCUT2D eigenvalue weighted by Gasteiger charge is 2.21. The number of nitrogens with zero attached hydrogens (tertiary/aromatic N) is 3. The first-order valence-electron chi connectivity index (χ1n) is 7.45. The van der Waals surface area contributed by atoms with Gasteiger partial charge in [-0.1, -0.05) is 5.16 Å². The summed E-state index contributed by atoms with van der Waals surface area (Å²) in [6.45, 7) is 13.6. The third-order valence-corrected chi connectivity index (χ3v) is 3.83. The minimum atomic E-state index is 0.103. The Morgan fingerprint density at radius 2 is 2.15 bits per heavy atom. The smallest absolute Gasteiger partial charge is 0.151 e. The predicted molar refractivity (Wildman–Crippen MR) is 80.5 cm³/mol. The zero-order valence-corrected chi connectivity index (χ0v) is 13.4. The standard InChI is InChI=1S/C15H28N4O/c1-12-10-19(7-6-18(12)5)11-14-8-13(17-20-14)9-16-15(2,3)4/h8,12,16H,6-7,9-11H2,1-5H3. The van der Waals surface area contributed by atoms with Crippen molar-refractivity contribution in [3.05, 3.63) is 17.5 Å². The first-order chi connectivity index (χ1) is 9.33. The van der Waals surface area contributed by atoms with E-state index >= 15 is 0 Å². The number of rotatable bonds is 4. The summed E-state index contributed by atoms with van der Waals surface area (Å²) in [4.78, 5) is 4.84. The Labute approximate surface area is 122 Å². The molecule has 1 fully saturated rings. The molecule has 20 heavy (non-hydrogen) atoms. The number of aromatic nitrogens is 1. The van der Waals surface area contributed by atoms with E-state index in [1.165, 1.54) is 0 Å². The van der Waals surface area contributed by atoms with Gasteiger partial charge in [-0.05, 0) is 34.7 Å². The predicted octanol–water partition coefficient (Wildman–Crippen LogP) is 1.70.